The van der Waals surface area contributed by atoms with Gasteiger partial charge in [0.15, 0.2) is 5.88 Å². The average Bonchev–Trinajstić information content (AvgIpc) is 3.19. The monoisotopic (exact) mass is 397 g/mol. The molecule has 2 unspecified atom stereocenters. The van der Waals surface area contributed by atoms with Gasteiger partial charge in [0.2, 0.25) is 0 Å². The molecular formula is C22H31N5O2. The molecule has 1 saturated heterocycles. The minimum absolute atomic E-state index is 0.0147. The molecule has 0 saturated carbocycles. The lowest BCUT2D eigenvalue weighted by atomic mass is 9.86. The number of hydrogen-bond acceptors (Lipinski definition) is 6. The number of nitrogens with zero attached hydrogens (tertiary/aromatic N) is 2. The van der Waals surface area contributed by atoms with E-state index in [-0.39, 0.29) is 17.4 Å². The SMILES string of the molecule is CCC1CC(O/C(N)=C/C=C(\N)c2ccc(-n3cccn3)cc2O)CC(C)(C)N1. The van der Waals surface area contributed by atoms with Crippen LogP contribution in [0.4, 0.5) is 0 Å². The largest absolute Gasteiger partial charge is 0.507 e. The van der Waals surface area contributed by atoms with E-state index in [2.05, 4.69) is 31.2 Å². The predicted molar refractivity (Wildman–Crippen MR) is 115 cm³/mol. The molecule has 1 fully saturated rings. The number of hydrogen-bond donors (Lipinski definition) is 4. The van der Waals surface area contributed by atoms with E-state index >= 15 is 0 Å². The van der Waals surface area contributed by atoms with Gasteiger partial charge in [0, 0.05) is 47.7 Å². The Kier molecular flexibility index (Phi) is 6.17. The van der Waals surface area contributed by atoms with Crippen LogP contribution in [0.15, 0.2) is 54.7 Å². The van der Waals surface area contributed by atoms with Gasteiger partial charge in [-0.3, -0.25) is 0 Å². The van der Waals surface area contributed by atoms with Crippen molar-refractivity contribution >= 4 is 5.70 Å². The van der Waals surface area contributed by atoms with Crippen molar-refractivity contribution in [3.63, 3.8) is 0 Å². The van der Waals surface area contributed by atoms with Crippen molar-refractivity contribution in [3.8, 4) is 11.4 Å². The summed E-state index contributed by atoms with van der Waals surface area (Å²) < 4.78 is 7.63. The van der Waals surface area contributed by atoms with Crippen molar-refractivity contribution in [1.29, 1.82) is 0 Å². The van der Waals surface area contributed by atoms with Crippen molar-refractivity contribution in [2.75, 3.05) is 0 Å². The second-order valence-electron chi connectivity index (χ2n) is 8.16. The zero-order valence-corrected chi connectivity index (χ0v) is 17.3. The van der Waals surface area contributed by atoms with E-state index in [1.807, 2.05) is 12.1 Å². The normalized spacial score (nSPS) is 22.4. The molecule has 29 heavy (non-hydrogen) atoms. The first-order chi connectivity index (χ1) is 13.8. The van der Waals surface area contributed by atoms with Crippen LogP contribution < -0.4 is 16.8 Å². The Bertz CT molecular complexity index is 887. The van der Waals surface area contributed by atoms with Crippen LogP contribution >= 0.6 is 0 Å². The van der Waals surface area contributed by atoms with Gasteiger partial charge in [0.1, 0.15) is 11.9 Å². The highest BCUT2D eigenvalue weighted by Crippen LogP contribution is 2.27. The molecule has 0 radical (unpaired) electrons. The third-order valence-electron chi connectivity index (χ3n) is 5.16. The molecule has 0 spiro atoms. The molecule has 1 aliphatic heterocycles. The molecule has 1 aliphatic rings. The van der Waals surface area contributed by atoms with E-state index in [9.17, 15) is 5.11 Å². The third kappa shape index (κ3) is 5.32. The lowest BCUT2D eigenvalue weighted by molar-refractivity contribution is 0.0339. The van der Waals surface area contributed by atoms with Crippen molar-refractivity contribution in [1.82, 2.24) is 15.1 Å². The number of phenols is 1. The molecule has 7 nitrogen and oxygen atoms in total. The summed E-state index contributed by atoms with van der Waals surface area (Å²) in [5.74, 6) is 0.392. The summed E-state index contributed by atoms with van der Waals surface area (Å²) in [5, 5.41) is 18.1. The number of nitrogens with two attached hydrogens (primary N) is 2. The smallest absolute Gasteiger partial charge is 0.184 e. The summed E-state index contributed by atoms with van der Waals surface area (Å²) in [6.07, 6.45) is 9.69. The third-order valence-corrected chi connectivity index (χ3v) is 5.16. The summed E-state index contributed by atoms with van der Waals surface area (Å²) in [7, 11) is 0. The maximum absolute atomic E-state index is 10.3. The second kappa shape index (κ2) is 8.61. The first-order valence-corrected chi connectivity index (χ1v) is 9.98. The number of ether oxygens (including phenoxy) is 1. The zero-order chi connectivity index (χ0) is 21.0. The van der Waals surface area contributed by atoms with E-state index in [1.54, 1.807) is 41.4 Å². The van der Waals surface area contributed by atoms with Crippen LogP contribution in [-0.4, -0.2) is 32.6 Å². The second-order valence-corrected chi connectivity index (χ2v) is 8.16. The average molecular weight is 398 g/mol. The van der Waals surface area contributed by atoms with Gasteiger partial charge in [-0.2, -0.15) is 5.10 Å². The molecule has 7 heteroatoms. The van der Waals surface area contributed by atoms with Gasteiger partial charge in [-0.1, -0.05) is 6.92 Å². The standard InChI is InChI=1S/C22H31N5O2/c1-4-15-12-17(14-22(2,3)26-15)29-21(24)9-8-19(23)18-7-6-16(13-20(18)28)27-11-5-10-25-27/h5-11,13,15,17,26,28H,4,12,14,23-24H2,1-3H3/b19-8-,21-9+. The van der Waals surface area contributed by atoms with Crippen LogP contribution in [0, 0.1) is 0 Å². The molecule has 2 atom stereocenters. The van der Waals surface area contributed by atoms with E-state index < -0.39 is 0 Å². The highest BCUT2D eigenvalue weighted by Gasteiger charge is 2.33. The number of phenolic OH excluding ortho intramolecular Hbond substituents is 1. The maximum Gasteiger partial charge on any atom is 0.184 e. The predicted octanol–water partition coefficient (Wildman–Crippen LogP) is 3.00. The van der Waals surface area contributed by atoms with Gasteiger partial charge in [-0.05, 0) is 57.0 Å². The van der Waals surface area contributed by atoms with Crippen molar-refractivity contribution in [2.24, 2.45) is 11.5 Å². The van der Waals surface area contributed by atoms with Gasteiger partial charge in [-0.25, -0.2) is 4.68 Å². The highest BCUT2D eigenvalue weighted by molar-refractivity contribution is 5.70. The van der Waals surface area contributed by atoms with Crippen LogP contribution in [0.25, 0.3) is 11.4 Å². The lowest BCUT2D eigenvalue weighted by Gasteiger charge is -2.41. The zero-order valence-electron chi connectivity index (χ0n) is 17.3. The van der Waals surface area contributed by atoms with Gasteiger partial charge >= 0.3 is 0 Å². The lowest BCUT2D eigenvalue weighted by Crippen LogP contribution is -2.54. The fourth-order valence-corrected chi connectivity index (χ4v) is 3.82. The van der Waals surface area contributed by atoms with Crippen LogP contribution in [0.1, 0.15) is 45.6 Å². The first-order valence-electron chi connectivity index (χ1n) is 9.98. The van der Waals surface area contributed by atoms with Crippen molar-refractivity contribution in [3.05, 3.63) is 60.3 Å². The minimum atomic E-state index is 0.0147. The van der Waals surface area contributed by atoms with Crippen LogP contribution in [0.5, 0.6) is 5.75 Å². The fraction of sp³-hybridized carbons (Fsp3) is 0.409. The van der Waals surface area contributed by atoms with E-state index in [0.717, 1.165) is 24.9 Å². The van der Waals surface area contributed by atoms with Crippen LogP contribution in [0.2, 0.25) is 0 Å². The Morgan fingerprint density at radius 1 is 1.38 bits per heavy atom. The van der Waals surface area contributed by atoms with E-state index in [0.29, 0.717) is 23.2 Å². The molecule has 0 aliphatic carbocycles. The number of nitrogens with one attached hydrogen (secondary N) is 1. The molecule has 0 bridgehead atoms. The summed E-state index contributed by atoms with van der Waals surface area (Å²) in [5.41, 5.74) is 13.9. The molecule has 3 rings (SSSR count). The number of aromatic hydroxyl groups is 1. The quantitative estimate of drug-likeness (QED) is 0.440. The van der Waals surface area contributed by atoms with Crippen molar-refractivity contribution < 1.29 is 9.84 Å². The molecule has 1 aromatic carbocycles. The molecule has 1 aromatic heterocycles. The molecule has 6 N–H and O–H groups in total. The number of allylic oxidation sites excluding steroid dienone is 2. The number of aromatic nitrogens is 2. The summed E-state index contributed by atoms with van der Waals surface area (Å²) in [4.78, 5) is 0. The molecule has 0 amide bonds. The number of rotatable bonds is 6. The summed E-state index contributed by atoms with van der Waals surface area (Å²) >= 11 is 0. The Balaban J connectivity index is 1.68. The van der Waals surface area contributed by atoms with Gasteiger partial charge < -0.3 is 26.6 Å². The van der Waals surface area contributed by atoms with Gasteiger partial charge in [0.25, 0.3) is 0 Å². The topological polar surface area (TPSA) is 111 Å². The molecule has 2 heterocycles. The van der Waals surface area contributed by atoms with Crippen LogP contribution in [-0.2, 0) is 4.74 Å². The Morgan fingerprint density at radius 2 is 2.17 bits per heavy atom. The van der Waals surface area contributed by atoms with Gasteiger partial charge in [-0.15, -0.1) is 0 Å². The van der Waals surface area contributed by atoms with Crippen molar-refractivity contribution in [2.45, 2.75) is 57.7 Å². The number of benzene rings is 1. The maximum atomic E-state index is 10.3. The number of piperidine rings is 1. The molecular weight excluding hydrogens is 366 g/mol. The first kappa shape index (κ1) is 20.8. The summed E-state index contributed by atoms with van der Waals surface area (Å²) in [6.45, 7) is 6.53. The van der Waals surface area contributed by atoms with Crippen LogP contribution in [0.3, 0.4) is 0 Å². The van der Waals surface area contributed by atoms with Gasteiger partial charge in [0.05, 0.1) is 5.69 Å². The molecule has 2 aromatic rings. The minimum Gasteiger partial charge on any atom is -0.507 e. The Labute approximate surface area is 172 Å². The Morgan fingerprint density at radius 3 is 2.83 bits per heavy atom. The van der Waals surface area contributed by atoms with E-state index in [4.69, 9.17) is 16.2 Å². The molecule has 156 valence electrons. The highest BCUT2D eigenvalue weighted by atomic mass is 16.5. The van der Waals surface area contributed by atoms with E-state index in [1.165, 1.54) is 0 Å². The summed E-state index contributed by atoms with van der Waals surface area (Å²) in [6, 6.07) is 7.45. The fourth-order valence-electron chi connectivity index (χ4n) is 3.82. The Hall–Kier alpha value is -2.93.